The molecular formula is C13H12FN3O3. The molecule has 2 aromatic rings. The summed E-state index contributed by atoms with van der Waals surface area (Å²) in [6.07, 6.45) is 0. The number of nitrogens with zero attached hydrogens (tertiary/aromatic N) is 1. The Morgan fingerprint density at radius 2 is 2.00 bits per heavy atom. The molecule has 7 heteroatoms. The molecule has 2 amide bonds. The molecule has 0 bridgehead atoms. The number of anilines is 2. The number of carbonyl (C=O) groups is 2. The van der Waals surface area contributed by atoms with Crippen LogP contribution in [0.4, 0.5) is 15.8 Å². The maximum atomic E-state index is 13.4. The number of hydrogen-bond acceptors (Lipinski definition) is 4. The van der Waals surface area contributed by atoms with Crippen LogP contribution in [0, 0.1) is 12.7 Å². The first kappa shape index (κ1) is 13.7. The van der Waals surface area contributed by atoms with Crippen LogP contribution in [-0.2, 0) is 4.79 Å². The third-order valence-corrected chi connectivity index (χ3v) is 2.40. The van der Waals surface area contributed by atoms with Crippen LogP contribution in [0.1, 0.15) is 23.2 Å². The third kappa shape index (κ3) is 3.19. The molecule has 0 unspecified atom stereocenters. The van der Waals surface area contributed by atoms with E-state index in [2.05, 4.69) is 15.8 Å². The van der Waals surface area contributed by atoms with E-state index in [9.17, 15) is 14.0 Å². The summed E-state index contributed by atoms with van der Waals surface area (Å²) < 4.78 is 18.2. The number of amides is 2. The van der Waals surface area contributed by atoms with Gasteiger partial charge in [-0.1, -0.05) is 5.16 Å². The van der Waals surface area contributed by atoms with E-state index in [0.29, 0.717) is 11.4 Å². The highest BCUT2D eigenvalue weighted by atomic mass is 19.1. The van der Waals surface area contributed by atoms with Crippen LogP contribution < -0.4 is 10.6 Å². The topological polar surface area (TPSA) is 84.2 Å². The van der Waals surface area contributed by atoms with Gasteiger partial charge in [-0.15, -0.1) is 0 Å². The van der Waals surface area contributed by atoms with Gasteiger partial charge in [0, 0.05) is 18.7 Å². The lowest BCUT2D eigenvalue weighted by atomic mass is 10.2. The predicted octanol–water partition coefficient (Wildman–Crippen LogP) is 2.33. The second kappa shape index (κ2) is 5.52. The summed E-state index contributed by atoms with van der Waals surface area (Å²) in [5.41, 5.74) is 0.445. The van der Waals surface area contributed by atoms with Crippen LogP contribution in [0.5, 0.6) is 0 Å². The van der Waals surface area contributed by atoms with Gasteiger partial charge in [-0.2, -0.15) is 0 Å². The average molecular weight is 277 g/mol. The summed E-state index contributed by atoms with van der Waals surface area (Å²) in [6, 6.07) is 5.33. The summed E-state index contributed by atoms with van der Waals surface area (Å²) in [6.45, 7) is 2.93. The Hall–Kier alpha value is -2.70. The quantitative estimate of drug-likeness (QED) is 0.901. The summed E-state index contributed by atoms with van der Waals surface area (Å²) in [5, 5.41) is 8.43. The molecular weight excluding hydrogens is 265 g/mol. The highest BCUT2D eigenvalue weighted by Gasteiger charge is 2.12. The summed E-state index contributed by atoms with van der Waals surface area (Å²) in [4.78, 5) is 22.8. The normalized spacial score (nSPS) is 10.2. The highest BCUT2D eigenvalue weighted by Crippen LogP contribution is 2.20. The van der Waals surface area contributed by atoms with Gasteiger partial charge in [0.2, 0.25) is 5.91 Å². The summed E-state index contributed by atoms with van der Waals surface area (Å²) in [7, 11) is 0. The van der Waals surface area contributed by atoms with Gasteiger partial charge in [0.15, 0.2) is 5.69 Å². The molecule has 0 aliphatic heterocycles. The van der Waals surface area contributed by atoms with Crippen LogP contribution in [0.25, 0.3) is 0 Å². The van der Waals surface area contributed by atoms with E-state index in [1.807, 2.05) is 0 Å². The van der Waals surface area contributed by atoms with Gasteiger partial charge < -0.3 is 15.2 Å². The lowest BCUT2D eigenvalue weighted by molar-refractivity contribution is -0.114. The lowest BCUT2D eigenvalue weighted by Crippen LogP contribution is -2.13. The molecule has 104 valence electrons. The van der Waals surface area contributed by atoms with Gasteiger partial charge in [-0.05, 0) is 25.1 Å². The molecule has 0 saturated heterocycles. The second-order valence-corrected chi connectivity index (χ2v) is 4.15. The Bertz CT molecular complexity index is 667. The van der Waals surface area contributed by atoms with Crippen molar-refractivity contribution in [3.8, 4) is 0 Å². The fourth-order valence-electron chi connectivity index (χ4n) is 1.56. The van der Waals surface area contributed by atoms with Gasteiger partial charge in [0.1, 0.15) is 11.6 Å². The fourth-order valence-corrected chi connectivity index (χ4v) is 1.56. The number of halogens is 1. The molecule has 6 nitrogen and oxygen atoms in total. The van der Waals surface area contributed by atoms with Crippen molar-refractivity contribution in [3.63, 3.8) is 0 Å². The van der Waals surface area contributed by atoms with Gasteiger partial charge in [0.25, 0.3) is 5.91 Å². The van der Waals surface area contributed by atoms with Crippen LogP contribution in [0.15, 0.2) is 28.8 Å². The zero-order valence-electron chi connectivity index (χ0n) is 10.9. The van der Waals surface area contributed by atoms with Crippen LogP contribution in [0.2, 0.25) is 0 Å². The van der Waals surface area contributed by atoms with Crippen molar-refractivity contribution >= 4 is 23.2 Å². The van der Waals surface area contributed by atoms with E-state index in [4.69, 9.17) is 4.52 Å². The number of aromatic nitrogens is 1. The maximum absolute atomic E-state index is 13.4. The zero-order chi connectivity index (χ0) is 14.7. The maximum Gasteiger partial charge on any atom is 0.277 e. The SMILES string of the molecule is CC(=O)Nc1cc(NC(=O)c2cc(C)on2)ccc1F. The Labute approximate surface area is 114 Å². The van der Waals surface area contributed by atoms with Crippen molar-refractivity contribution in [2.45, 2.75) is 13.8 Å². The molecule has 0 aliphatic carbocycles. The first-order valence-corrected chi connectivity index (χ1v) is 5.77. The summed E-state index contributed by atoms with van der Waals surface area (Å²) in [5.74, 6) is -0.967. The second-order valence-electron chi connectivity index (χ2n) is 4.15. The number of rotatable bonds is 3. The minimum atomic E-state index is -0.588. The molecule has 2 N–H and O–H groups in total. The number of nitrogens with one attached hydrogen (secondary N) is 2. The number of benzene rings is 1. The number of hydrogen-bond donors (Lipinski definition) is 2. The van der Waals surface area contributed by atoms with Crippen LogP contribution in [-0.4, -0.2) is 17.0 Å². The third-order valence-electron chi connectivity index (χ3n) is 2.40. The molecule has 1 aromatic heterocycles. The molecule has 0 radical (unpaired) electrons. The zero-order valence-corrected chi connectivity index (χ0v) is 10.9. The minimum absolute atomic E-state index is 0.00775. The van der Waals surface area contributed by atoms with E-state index in [-0.39, 0.29) is 11.4 Å². The Morgan fingerprint density at radius 1 is 1.25 bits per heavy atom. The van der Waals surface area contributed by atoms with Crippen molar-refractivity contribution in [1.29, 1.82) is 0 Å². The molecule has 1 aromatic carbocycles. The Balaban J connectivity index is 2.17. The largest absolute Gasteiger partial charge is 0.361 e. The number of carbonyl (C=O) groups excluding carboxylic acids is 2. The monoisotopic (exact) mass is 277 g/mol. The molecule has 0 aliphatic rings. The first-order valence-electron chi connectivity index (χ1n) is 5.77. The van der Waals surface area contributed by atoms with Crippen molar-refractivity contribution < 1.29 is 18.5 Å². The van der Waals surface area contributed by atoms with Crippen molar-refractivity contribution in [1.82, 2.24) is 5.16 Å². The van der Waals surface area contributed by atoms with Gasteiger partial charge in [0.05, 0.1) is 5.69 Å². The van der Waals surface area contributed by atoms with Gasteiger partial charge in [-0.25, -0.2) is 4.39 Å². The van der Waals surface area contributed by atoms with Gasteiger partial charge >= 0.3 is 0 Å². The average Bonchev–Trinajstić information content (AvgIpc) is 2.79. The predicted molar refractivity (Wildman–Crippen MR) is 69.9 cm³/mol. The fraction of sp³-hybridized carbons (Fsp3) is 0.154. The molecule has 1 heterocycles. The van der Waals surface area contributed by atoms with E-state index in [0.717, 1.165) is 6.07 Å². The van der Waals surface area contributed by atoms with E-state index >= 15 is 0 Å². The molecule has 20 heavy (non-hydrogen) atoms. The smallest absolute Gasteiger partial charge is 0.277 e. The standard InChI is InChI=1S/C13H12FN3O3/c1-7-5-12(17-20-7)13(19)16-9-3-4-10(14)11(6-9)15-8(2)18/h3-6H,1-2H3,(H,15,18)(H,16,19). The summed E-state index contributed by atoms with van der Waals surface area (Å²) >= 11 is 0. The molecule has 0 saturated carbocycles. The number of aryl methyl sites for hydroxylation is 1. The van der Waals surface area contributed by atoms with Crippen LogP contribution in [0.3, 0.4) is 0 Å². The van der Waals surface area contributed by atoms with Crippen molar-refractivity contribution in [3.05, 3.63) is 41.5 Å². The first-order chi connectivity index (χ1) is 9.45. The van der Waals surface area contributed by atoms with Crippen molar-refractivity contribution in [2.24, 2.45) is 0 Å². The molecule has 0 fully saturated rings. The Morgan fingerprint density at radius 3 is 2.60 bits per heavy atom. The molecule has 2 rings (SSSR count). The van der Waals surface area contributed by atoms with E-state index in [1.54, 1.807) is 6.92 Å². The van der Waals surface area contributed by atoms with Crippen LogP contribution >= 0.6 is 0 Å². The Kier molecular flexibility index (Phi) is 3.79. The van der Waals surface area contributed by atoms with Gasteiger partial charge in [-0.3, -0.25) is 9.59 Å². The molecule has 0 spiro atoms. The highest BCUT2D eigenvalue weighted by molar-refractivity contribution is 6.03. The lowest BCUT2D eigenvalue weighted by Gasteiger charge is -2.07. The molecule has 0 atom stereocenters. The van der Waals surface area contributed by atoms with Crippen molar-refractivity contribution in [2.75, 3.05) is 10.6 Å². The van der Waals surface area contributed by atoms with E-state index < -0.39 is 17.6 Å². The minimum Gasteiger partial charge on any atom is -0.361 e. The van der Waals surface area contributed by atoms with E-state index in [1.165, 1.54) is 25.1 Å².